The molecule has 0 aliphatic rings. The van der Waals surface area contributed by atoms with Crippen LogP contribution in [0.25, 0.3) is 33.5 Å². The zero-order chi connectivity index (χ0) is 28.1. The molecule has 2 aromatic carbocycles. The number of ether oxygens (including phenoxy) is 1. The number of hydrogen-bond donors (Lipinski definition) is 1. The first kappa shape index (κ1) is 26.2. The van der Waals surface area contributed by atoms with Crippen LogP contribution >= 0.6 is 0 Å². The molecule has 3 heterocycles. The highest BCUT2D eigenvalue weighted by Gasteiger charge is 2.23. The number of rotatable bonds is 5. The minimum absolute atomic E-state index is 0.106. The van der Waals surface area contributed by atoms with Gasteiger partial charge in [-0.15, -0.1) is 0 Å². The average molecular weight is 525 g/mol. The number of aryl methyl sites for hydroxylation is 2. The van der Waals surface area contributed by atoms with E-state index in [2.05, 4.69) is 10.4 Å². The lowest BCUT2D eigenvalue weighted by Crippen LogP contribution is -2.24. The fraction of sp³-hybridized carbons (Fsp3) is 0.290. The molecule has 0 bridgehead atoms. The van der Waals surface area contributed by atoms with E-state index in [1.54, 1.807) is 23.7 Å². The maximum absolute atomic E-state index is 13.6. The van der Waals surface area contributed by atoms with Crippen LogP contribution < -0.4 is 10.7 Å². The van der Waals surface area contributed by atoms with Gasteiger partial charge in [0.25, 0.3) is 0 Å². The summed E-state index contributed by atoms with van der Waals surface area (Å²) in [6, 6.07) is 14.5. The number of nitrogens with one attached hydrogen (secondary N) is 1. The van der Waals surface area contributed by atoms with E-state index < -0.39 is 11.6 Å². The molecule has 0 aliphatic heterocycles. The molecule has 1 unspecified atom stereocenters. The number of nitrogens with zero attached hydrogens (tertiary/aromatic N) is 3. The second-order valence-corrected chi connectivity index (χ2v) is 10.9. The van der Waals surface area contributed by atoms with Gasteiger partial charge in [-0.3, -0.25) is 9.48 Å². The van der Waals surface area contributed by atoms with E-state index in [0.29, 0.717) is 39.2 Å². The summed E-state index contributed by atoms with van der Waals surface area (Å²) in [4.78, 5) is 31.2. The van der Waals surface area contributed by atoms with Gasteiger partial charge < -0.3 is 14.5 Å². The van der Waals surface area contributed by atoms with Crippen LogP contribution in [0.1, 0.15) is 60.8 Å². The Hall–Kier alpha value is -4.46. The normalized spacial score (nSPS) is 12.6. The van der Waals surface area contributed by atoms with Gasteiger partial charge in [0.2, 0.25) is 0 Å². The molecule has 1 N–H and O–H groups in total. The van der Waals surface area contributed by atoms with Gasteiger partial charge in [0, 0.05) is 23.9 Å². The van der Waals surface area contributed by atoms with E-state index in [9.17, 15) is 9.59 Å². The molecule has 200 valence electrons. The molecule has 3 aromatic heterocycles. The number of pyridine rings is 1. The highest BCUT2D eigenvalue weighted by Crippen LogP contribution is 2.33. The SMILES string of the molecule is Cc1cc(C(C)Nc2ccccc2C(=O)OC(C)(C)C)c2oc(-c3ccc4nn(C)cc4n3)c(C)c(=O)c2c1. The standard InChI is InChI=1S/C31H32N4O4/c1-17-14-21(19(3)32-23-11-9-8-10-20(23)30(37)39-31(4,5)6)29-22(15-17)27(36)18(2)28(38-29)25-13-12-24-26(33-25)16-35(7)34-24/h8-16,19,32H,1-7H3. The van der Waals surface area contributed by atoms with Gasteiger partial charge in [0.15, 0.2) is 11.2 Å². The zero-order valence-electron chi connectivity index (χ0n) is 23.2. The summed E-state index contributed by atoms with van der Waals surface area (Å²) in [7, 11) is 1.84. The van der Waals surface area contributed by atoms with E-state index in [-0.39, 0.29) is 11.5 Å². The molecule has 1 atom stereocenters. The Balaban J connectivity index is 1.61. The van der Waals surface area contributed by atoms with Crippen molar-refractivity contribution in [3.8, 4) is 11.5 Å². The van der Waals surface area contributed by atoms with Gasteiger partial charge in [0.05, 0.1) is 23.2 Å². The number of esters is 1. The lowest BCUT2D eigenvalue weighted by Gasteiger charge is -2.23. The largest absolute Gasteiger partial charge is 0.456 e. The molecule has 0 saturated heterocycles. The van der Waals surface area contributed by atoms with Crippen molar-refractivity contribution in [2.45, 2.75) is 53.2 Å². The van der Waals surface area contributed by atoms with E-state index in [1.165, 1.54) is 0 Å². The number of para-hydroxylation sites is 1. The Morgan fingerprint density at radius 2 is 1.82 bits per heavy atom. The molecule has 5 rings (SSSR count). The van der Waals surface area contributed by atoms with E-state index in [4.69, 9.17) is 14.1 Å². The molecule has 8 nitrogen and oxygen atoms in total. The van der Waals surface area contributed by atoms with E-state index >= 15 is 0 Å². The summed E-state index contributed by atoms with van der Waals surface area (Å²) in [6.07, 6.45) is 1.83. The third-order valence-electron chi connectivity index (χ3n) is 6.49. The number of anilines is 1. The van der Waals surface area contributed by atoms with Gasteiger partial charge in [-0.1, -0.05) is 18.2 Å². The second kappa shape index (κ2) is 9.69. The molecule has 0 saturated carbocycles. The summed E-state index contributed by atoms with van der Waals surface area (Å²) >= 11 is 0. The van der Waals surface area contributed by atoms with Crippen LogP contribution in [0.5, 0.6) is 0 Å². The summed E-state index contributed by atoms with van der Waals surface area (Å²) in [5.41, 5.74) is 5.09. The number of carbonyl (C=O) groups is 1. The molecule has 0 aliphatic carbocycles. The minimum Gasteiger partial charge on any atom is -0.456 e. The van der Waals surface area contributed by atoms with Crippen LogP contribution in [0.3, 0.4) is 0 Å². The maximum Gasteiger partial charge on any atom is 0.340 e. The summed E-state index contributed by atoms with van der Waals surface area (Å²) < 4.78 is 13.8. The molecule has 39 heavy (non-hydrogen) atoms. The van der Waals surface area contributed by atoms with Crippen LogP contribution in [-0.2, 0) is 11.8 Å². The maximum atomic E-state index is 13.6. The molecular weight excluding hydrogens is 492 g/mol. The Bertz CT molecular complexity index is 1790. The van der Waals surface area contributed by atoms with Crippen molar-refractivity contribution >= 4 is 33.7 Å². The van der Waals surface area contributed by atoms with Gasteiger partial charge in [0.1, 0.15) is 27.9 Å². The summed E-state index contributed by atoms with van der Waals surface area (Å²) in [6.45, 7) is 11.2. The third-order valence-corrected chi connectivity index (χ3v) is 6.49. The van der Waals surface area contributed by atoms with Gasteiger partial charge >= 0.3 is 5.97 Å². The summed E-state index contributed by atoms with van der Waals surface area (Å²) in [5.74, 6) is 0.0120. The number of fused-ring (bicyclic) bond motifs is 2. The van der Waals surface area contributed by atoms with Crippen molar-refractivity contribution in [3.05, 3.63) is 87.2 Å². The first-order valence-corrected chi connectivity index (χ1v) is 12.9. The van der Waals surface area contributed by atoms with Crippen molar-refractivity contribution < 1.29 is 13.9 Å². The van der Waals surface area contributed by atoms with Crippen LogP contribution in [0.2, 0.25) is 0 Å². The van der Waals surface area contributed by atoms with Gasteiger partial charge in [-0.05, 0) is 77.4 Å². The molecule has 0 spiro atoms. The monoisotopic (exact) mass is 524 g/mol. The van der Waals surface area contributed by atoms with Crippen molar-refractivity contribution in [2.24, 2.45) is 7.05 Å². The predicted molar refractivity (Wildman–Crippen MR) is 153 cm³/mol. The Morgan fingerprint density at radius 3 is 2.56 bits per heavy atom. The molecule has 0 radical (unpaired) electrons. The lowest BCUT2D eigenvalue weighted by molar-refractivity contribution is 0.00706. The van der Waals surface area contributed by atoms with E-state index in [0.717, 1.165) is 22.2 Å². The second-order valence-electron chi connectivity index (χ2n) is 10.9. The van der Waals surface area contributed by atoms with Crippen LogP contribution in [0.4, 0.5) is 5.69 Å². The quantitative estimate of drug-likeness (QED) is 0.262. The fourth-order valence-corrected chi connectivity index (χ4v) is 4.71. The van der Waals surface area contributed by atoms with Crippen molar-refractivity contribution in [3.63, 3.8) is 0 Å². The molecule has 5 aromatic rings. The highest BCUT2D eigenvalue weighted by molar-refractivity contribution is 5.96. The first-order valence-electron chi connectivity index (χ1n) is 12.9. The fourth-order valence-electron chi connectivity index (χ4n) is 4.71. The van der Waals surface area contributed by atoms with Crippen molar-refractivity contribution in [2.75, 3.05) is 5.32 Å². The lowest BCUT2D eigenvalue weighted by atomic mass is 9.99. The molecular formula is C31H32N4O4. The third kappa shape index (κ3) is 5.14. The highest BCUT2D eigenvalue weighted by atomic mass is 16.6. The van der Waals surface area contributed by atoms with Crippen LogP contribution in [0.15, 0.2) is 63.9 Å². The van der Waals surface area contributed by atoms with Crippen LogP contribution in [-0.4, -0.2) is 26.3 Å². The molecule has 0 fully saturated rings. The number of benzene rings is 2. The predicted octanol–water partition coefficient (Wildman–Crippen LogP) is 6.49. The van der Waals surface area contributed by atoms with Crippen molar-refractivity contribution in [1.29, 1.82) is 0 Å². The first-order chi connectivity index (χ1) is 18.4. The average Bonchev–Trinajstić information content (AvgIpc) is 3.24. The van der Waals surface area contributed by atoms with Gasteiger partial charge in [-0.25, -0.2) is 9.78 Å². The number of hydrogen-bond acceptors (Lipinski definition) is 7. The molecule has 8 heteroatoms. The smallest absolute Gasteiger partial charge is 0.340 e. The summed E-state index contributed by atoms with van der Waals surface area (Å²) in [5, 5.41) is 8.33. The van der Waals surface area contributed by atoms with Crippen LogP contribution in [0, 0.1) is 13.8 Å². The Kier molecular flexibility index (Phi) is 6.50. The zero-order valence-corrected chi connectivity index (χ0v) is 23.2. The Morgan fingerprint density at radius 1 is 1.08 bits per heavy atom. The van der Waals surface area contributed by atoms with Gasteiger partial charge in [-0.2, -0.15) is 5.10 Å². The van der Waals surface area contributed by atoms with E-state index in [1.807, 2.05) is 84.3 Å². The number of carbonyl (C=O) groups excluding carboxylic acids is 1. The Labute approximate surface area is 226 Å². The topological polar surface area (TPSA) is 99.2 Å². The molecule has 0 amide bonds. The minimum atomic E-state index is -0.618. The van der Waals surface area contributed by atoms with Crippen molar-refractivity contribution in [1.82, 2.24) is 14.8 Å². The number of aromatic nitrogens is 3.